The highest BCUT2D eigenvalue weighted by Crippen LogP contribution is 2.23. The number of nitrogens with one attached hydrogen (secondary N) is 1. The fraction of sp³-hybridized carbons (Fsp3) is 0.562. The number of aliphatic hydroxyl groups is 1. The average Bonchev–Trinajstić information content (AvgIpc) is 2.99. The first kappa shape index (κ1) is 15.6. The second-order valence-electron chi connectivity index (χ2n) is 5.73. The summed E-state index contributed by atoms with van der Waals surface area (Å²) < 4.78 is 0. The molecule has 5 nitrogen and oxygen atoms in total. The van der Waals surface area contributed by atoms with Gasteiger partial charge in [-0.25, -0.2) is 4.79 Å². The van der Waals surface area contributed by atoms with Crippen molar-refractivity contribution in [3.8, 4) is 0 Å². The molecule has 2 N–H and O–H groups in total. The van der Waals surface area contributed by atoms with Crippen molar-refractivity contribution in [2.45, 2.75) is 32.3 Å². The summed E-state index contributed by atoms with van der Waals surface area (Å²) in [4.78, 5) is 16.0. The summed E-state index contributed by atoms with van der Waals surface area (Å²) >= 11 is 0. The van der Waals surface area contributed by atoms with Gasteiger partial charge < -0.3 is 20.2 Å². The van der Waals surface area contributed by atoms with Gasteiger partial charge in [0, 0.05) is 38.1 Å². The summed E-state index contributed by atoms with van der Waals surface area (Å²) in [6, 6.07) is 7.83. The number of rotatable bonds is 5. The van der Waals surface area contributed by atoms with Crippen LogP contribution in [0.4, 0.5) is 16.2 Å². The molecule has 5 heteroatoms. The molecule has 0 radical (unpaired) electrons. The topological polar surface area (TPSA) is 55.8 Å². The molecule has 0 unspecified atom stereocenters. The van der Waals surface area contributed by atoms with Gasteiger partial charge in [-0.05, 0) is 44.4 Å². The molecular weight excluding hydrogens is 266 g/mol. The molecule has 2 amide bonds. The van der Waals surface area contributed by atoms with Gasteiger partial charge in [-0.1, -0.05) is 6.07 Å². The fourth-order valence-electron chi connectivity index (χ4n) is 2.46. The van der Waals surface area contributed by atoms with Crippen molar-refractivity contribution < 1.29 is 9.90 Å². The Morgan fingerprint density at radius 1 is 1.43 bits per heavy atom. The Kier molecular flexibility index (Phi) is 5.44. The number of amides is 2. The Balaban J connectivity index is 1.92. The van der Waals surface area contributed by atoms with E-state index in [9.17, 15) is 9.90 Å². The summed E-state index contributed by atoms with van der Waals surface area (Å²) in [5.74, 6) is 0. The summed E-state index contributed by atoms with van der Waals surface area (Å²) in [5, 5.41) is 12.2. The first-order valence-corrected chi connectivity index (χ1v) is 7.61. The zero-order valence-corrected chi connectivity index (χ0v) is 12.9. The number of anilines is 2. The lowest BCUT2D eigenvalue weighted by Gasteiger charge is -2.21. The third kappa shape index (κ3) is 4.63. The third-order valence-electron chi connectivity index (χ3n) is 3.80. The van der Waals surface area contributed by atoms with Crippen LogP contribution in [0.5, 0.6) is 0 Å². The standard InChI is InChI=1S/C16H25N3O2/c1-13(20)8-11-18(2)16(21)17-14-6-5-7-15(12-14)19-9-3-4-10-19/h5-7,12-13,20H,3-4,8-11H2,1-2H3,(H,17,21)/t13-/m0/s1. The SMILES string of the molecule is C[C@H](O)CCN(C)C(=O)Nc1cccc(N2CCCC2)c1. The molecule has 1 saturated heterocycles. The molecule has 1 heterocycles. The minimum Gasteiger partial charge on any atom is -0.393 e. The van der Waals surface area contributed by atoms with Gasteiger partial charge in [0.1, 0.15) is 0 Å². The highest BCUT2D eigenvalue weighted by atomic mass is 16.3. The number of carbonyl (C=O) groups excluding carboxylic acids is 1. The maximum Gasteiger partial charge on any atom is 0.321 e. The predicted molar refractivity (Wildman–Crippen MR) is 85.8 cm³/mol. The van der Waals surface area contributed by atoms with Gasteiger partial charge in [-0.3, -0.25) is 0 Å². The van der Waals surface area contributed by atoms with Crippen LogP contribution in [-0.2, 0) is 0 Å². The summed E-state index contributed by atoms with van der Waals surface area (Å²) in [7, 11) is 1.74. The Hall–Kier alpha value is -1.75. The maximum absolute atomic E-state index is 12.1. The molecule has 1 aromatic rings. The van der Waals surface area contributed by atoms with Crippen LogP contribution in [-0.4, -0.2) is 48.8 Å². The van der Waals surface area contributed by atoms with Crippen LogP contribution in [0.25, 0.3) is 0 Å². The first-order valence-electron chi connectivity index (χ1n) is 7.61. The lowest BCUT2D eigenvalue weighted by molar-refractivity contribution is 0.167. The second kappa shape index (κ2) is 7.31. The predicted octanol–water partition coefficient (Wildman–Crippen LogP) is 2.52. The molecule has 1 aliphatic rings. The molecule has 1 aromatic carbocycles. The number of aliphatic hydroxyl groups excluding tert-OH is 1. The average molecular weight is 291 g/mol. The summed E-state index contributed by atoms with van der Waals surface area (Å²) in [6.45, 7) is 4.44. The van der Waals surface area contributed by atoms with Crippen LogP contribution in [0.15, 0.2) is 24.3 Å². The normalized spacial score (nSPS) is 15.9. The van der Waals surface area contributed by atoms with Crippen molar-refractivity contribution in [1.82, 2.24) is 4.90 Å². The largest absolute Gasteiger partial charge is 0.393 e. The lowest BCUT2D eigenvalue weighted by atomic mass is 10.2. The van der Waals surface area contributed by atoms with Gasteiger partial charge in [0.05, 0.1) is 6.10 Å². The molecule has 0 saturated carbocycles. The summed E-state index contributed by atoms with van der Waals surface area (Å²) in [5.41, 5.74) is 1.98. The van der Waals surface area contributed by atoms with Gasteiger partial charge in [-0.15, -0.1) is 0 Å². The van der Waals surface area contributed by atoms with E-state index in [4.69, 9.17) is 0 Å². The monoisotopic (exact) mass is 291 g/mol. The molecule has 0 bridgehead atoms. The molecule has 0 spiro atoms. The van der Waals surface area contributed by atoms with E-state index in [2.05, 4.69) is 16.3 Å². The van der Waals surface area contributed by atoms with Gasteiger partial charge in [0.15, 0.2) is 0 Å². The van der Waals surface area contributed by atoms with E-state index in [1.165, 1.54) is 12.8 Å². The van der Waals surface area contributed by atoms with Crippen molar-refractivity contribution in [3.63, 3.8) is 0 Å². The Morgan fingerprint density at radius 2 is 2.14 bits per heavy atom. The molecule has 2 rings (SSSR count). The van der Waals surface area contributed by atoms with Crippen molar-refractivity contribution in [1.29, 1.82) is 0 Å². The lowest BCUT2D eigenvalue weighted by Crippen LogP contribution is -2.33. The van der Waals surface area contributed by atoms with E-state index in [1.54, 1.807) is 18.9 Å². The van der Waals surface area contributed by atoms with Crippen LogP contribution in [0.1, 0.15) is 26.2 Å². The van der Waals surface area contributed by atoms with Crippen molar-refractivity contribution in [2.75, 3.05) is 36.9 Å². The Labute approximate surface area is 126 Å². The molecule has 1 atom stereocenters. The number of carbonyl (C=O) groups is 1. The molecule has 116 valence electrons. The number of urea groups is 1. The van der Waals surface area contributed by atoms with Crippen LogP contribution in [0.2, 0.25) is 0 Å². The van der Waals surface area contributed by atoms with Gasteiger partial charge >= 0.3 is 6.03 Å². The second-order valence-corrected chi connectivity index (χ2v) is 5.73. The van der Waals surface area contributed by atoms with E-state index in [-0.39, 0.29) is 6.03 Å². The maximum atomic E-state index is 12.1. The van der Waals surface area contributed by atoms with Gasteiger partial charge in [0.2, 0.25) is 0 Å². The number of hydrogen-bond acceptors (Lipinski definition) is 3. The highest BCUT2D eigenvalue weighted by Gasteiger charge is 2.14. The first-order chi connectivity index (χ1) is 10.1. The molecule has 0 aromatic heterocycles. The molecule has 0 aliphatic carbocycles. The van der Waals surface area contributed by atoms with E-state index < -0.39 is 6.10 Å². The quantitative estimate of drug-likeness (QED) is 0.876. The van der Waals surface area contributed by atoms with E-state index >= 15 is 0 Å². The number of nitrogens with zero attached hydrogens (tertiary/aromatic N) is 2. The highest BCUT2D eigenvalue weighted by molar-refractivity contribution is 5.89. The molecule has 1 aliphatic heterocycles. The minimum atomic E-state index is -0.390. The third-order valence-corrected chi connectivity index (χ3v) is 3.80. The van der Waals surface area contributed by atoms with Gasteiger partial charge in [-0.2, -0.15) is 0 Å². The van der Waals surface area contributed by atoms with E-state index in [0.717, 1.165) is 24.5 Å². The van der Waals surface area contributed by atoms with Crippen LogP contribution in [0, 0.1) is 0 Å². The van der Waals surface area contributed by atoms with Crippen molar-refractivity contribution in [3.05, 3.63) is 24.3 Å². The van der Waals surface area contributed by atoms with Crippen molar-refractivity contribution in [2.24, 2.45) is 0 Å². The Morgan fingerprint density at radius 3 is 2.81 bits per heavy atom. The summed E-state index contributed by atoms with van der Waals surface area (Å²) in [6.07, 6.45) is 2.66. The van der Waals surface area contributed by atoms with Crippen molar-refractivity contribution >= 4 is 17.4 Å². The van der Waals surface area contributed by atoms with E-state index in [1.807, 2.05) is 18.2 Å². The zero-order valence-electron chi connectivity index (χ0n) is 12.9. The zero-order chi connectivity index (χ0) is 15.2. The van der Waals surface area contributed by atoms with Crippen LogP contribution in [0.3, 0.4) is 0 Å². The molecule has 21 heavy (non-hydrogen) atoms. The molecule has 1 fully saturated rings. The van der Waals surface area contributed by atoms with E-state index in [0.29, 0.717) is 13.0 Å². The number of hydrogen-bond donors (Lipinski definition) is 2. The fourth-order valence-corrected chi connectivity index (χ4v) is 2.46. The van der Waals surface area contributed by atoms with Gasteiger partial charge in [0.25, 0.3) is 0 Å². The molecular formula is C16H25N3O2. The number of benzene rings is 1. The minimum absolute atomic E-state index is 0.144. The smallest absolute Gasteiger partial charge is 0.321 e. The van der Waals surface area contributed by atoms with Crippen LogP contribution < -0.4 is 10.2 Å². The van der Waals surface area contributed by atoms with Crippen LogP contribution >= 0.6 is 0 Å². The Bertz CT molecular complexity index is 470.